The molecule has 2 N–H and O–H groups in total. The Hall–Kier alpha value is -0.870. The maximum absolute atomic E-state index is 11.9. The van der Waals surface area contributed by atoms with Gasteiger partial charge in [-0.05, 0) is 24.5 Å². The first-order chi connectivity index (χ1) is 8.01. The molecule has 1 aromatic rings. The fraction of sp³-hybridized carbons (Fsp3) is 0.538. The second kappa shape index (κ2) is 6.17. The van der Waals surface area contributed by atoms with Gasteiger partial charge in [0.15, 0.2) is 9.84 Å². The number of hydrogen-bond acceptors (Lipinski definition) is 3. The zero-order valence-electron chi connectivity index (χ0n) is 10.5. The van der Waals surface area contributed by atoms with Crippen molar-refractivity contribution in [3.63, 3.8) is 0 Å². The van der Waals surface area contributed by atoms with Crippen molar-refractivity contribution in [1.29, 1.82) is 0 Å². The first kappa shape index (κ1) is 14.2. The minimum Gasteiger partial charge on any atom is -0.327 e. The molecule has 17 heavy (non-hydrogen) atoms. The maximum Gasteiger partial charge on any atom is 0.178 e. The van der Waals surface area contributed by atoms with Crippen LogP contribution in [0.2, 0.25) is 0 Å². The molecule has 0 saturated heterocycles. The highest BCUT2D eigenvalue weighted by atomic mass is 32.2. The zero-order chi connectivity index (χ0) is 12.9. The normalized spacial score (nSPS) is 13.6. The first-order valence-corrected chi connectivity index (χ1v) is 7.72. The van der Waals surface area contributed by atoms with Gasteiger partial charge in [0.2, 0.25) is 0 Å². The molecule has 0 fully saturated rings. The summed E-state index contributed by atoms with van der Waals surface area (Å²) in [6, 6.07) is 7.19. The van der Waals surface area contributed by atoms with Gasteiger partial charge in [-0.1, -0.05) is 38.5 Å². The lowest BCUT2D eigenvalue weighted by Crippen LogP contribution is -2.23. The summed E-state index contributed by atoms with van der Waals surface area (Å²) in [6.07, 6.45) is 2.56. The molecule has 0 bridgehead atoms. The van der Waals surface area contributed by atoms with E-state index in [1.54, 1.807) is 19.1 Å². The van der Waals surface area contributed by atoms with Crippen LogP contribution in [0.4, 0.5) is 0 Å². The standard InChI is InChI=1S/C13H21NO2S/c1-3-7-12(14)10-11-8-5-6-9-13(11)17(15,16)4-2/h5-6,8-9,12H,3-4,7,10,14H2,1-2H3. The van der Waals surface area contributed by atoms with Gasteiger partial charge in [-0.3, -0.25) is 0 Å². The summed E-state index contributed by atoms with van der Waals surface area (Å²) in [5.41, 5.74) is 6.82. The maximum atomic E-state index is 11.9. The molecule has 1 aromatic carbocycles. The van der Waals surface area contributed by atoms with Gasteiger partial charge < -0.3 is 5.73 Å². The summed E-state index contributed by atoms with van der Waals surface area (Å²) in [7, 11) is -3.14. The van der Waals surface area contributed by atoms with Crippen molar-refractivity contribution in [3.8, 4) is 0 Å². The molecule has 0 aliphatic rings. The smallest absolute Gasteiger partial charge is 0.178 e. The molecule has 4 heteroatoms. The number of nitrogens with two attached hydrogens (primary N) is 1. The predicted molar refractivity (Wildman–Crippen MR) is 70.8 cm³/mol. The molecule has 96 valence electrons. The molecular formula is C13H21NO2S. The fourth-order valence-electron chi connectivity index (χ4n) is 1.89. The second-order valence-corrected chi connectivity index (χ2v) is 6.51. The molecule has 0 radical (unpaired) electrons. The van der Waals surface area contributed by atoms with Crippen molar-refractivity contribution in [2.75, 3.05) is 5.75 Å². The second-order valence-electron chi connectivity index (χ2n) is 4.26. The highest BCUT2D eigenvalue weighted by molar-refractivity contribution is 7.91. The van der Waals surface area contributed by atoms with E-state index in [4.69, 9.17) is 5.73 Å². The van der Waals surface area contributed by atoms with E-state index < -0.39 is 9.84 Å². The molecule has 0 aliphatic carbocycles. The van der Waals surface area contributed by atoms with E-state index in [0.717, 1.165) is 18.4 Å². The van der Waals surface area contributed by atoms with E-state index >= 15 is 0 Å². The minimum absolute atomic E-state index is 0.0354. The Morgan fingerprint density at radius 2 is 1.88 bits per heavy atom. The van der Waals surface area contributed by atoms with Gasteiger partial charge in [-0.25, -0.2) is 8.42 Å². The first-order valence-electron chi connectivity index (χ1n) is 6.07. The van der Waals surface area contributed by atoms with E-state index in [1.165, 1.54) is 0 Å². The number of sulfone groups is 1. The predicted octanol–water partition coefficient (Wildman–Crippen LogP) is 2.15. The molecule has 1 atom stereocenters. The van der Waals surface area contributed by atoms with Gasteiger partial charge >= 0.3 is 0 Å². The summed E-state index contributed by atoms with van der Waals surface area (Å²) < 4.78 is 23.8. The lowest BCUT2D eigenvalue weighted by Gasteiger charge is -2.13. The average Bonchev–Trinajstić information content (AvgIpc) is 2.30. The molecule has 0 saturated carbocycles. The highest BCUT2D eigenvalue weighted by Crippen LogP contribution is 2.19. The van der Waals surface area contributed by atoms with Gasteiger partial charge in [-0.15, -0.1) is 0 Å². The summed E-state index contributed by atoms with van der Waals surface area (Å²) >= 11 is 0. The lowest BCUT2D eigenvalue weighted by molar-refractivity contribution is 0.584. The third kappa shape index (κ3) is 3.82. The van der Waals surface area contributed by atoms with Crippen LogP contribution in [0.25, 0.3) is 0 Å². The molecule has 0 aromatic heterocycles. The molecule has 0 spiro atoms. The van der Waals surface area contributed by atoms with Crippen molar-refractivity contribution in [1.82, 2.24) is 0 Å². The highest BCUT2D eigenvalue weighted by Gasteiger charge is 2.17. The summed E-state index contributed by atoms with van der Waals surface area (Å²) in [5, 5.41) is 0. The monoisotopic (exact) mass is 255 g/mol. The van der Waals surface area contributed by atoms with Crippen molar-refractivity contribution >= 4 is 9.84 Å². The number of rotatable bonds is 6. The Balaban J connectivity index is 3.01. The van der Waals surface area contributed by atoms with E-state index in [9.17, 15) is 8.42 Å². The summed E-state index contributed by atoms with van der Waals surface area (Å²) in [4.78, 5) is 0.439. The van der Waals surface area contributed by atoms with Gasteiger partial charge in [0.25, 0.3) is 0 Å². The Morgan fingerprint density at radius 3 is 2.47 bits per heavy atom. The van der Waals surface area contributed by atoms with Gasteiger partial charge in [0, 0.05) is 6.04 Å². The van der Waals surface area contributed by atoms with Crippen LogP contribution < -0.4 is 5.73 Å². The number of benzene rings is 1. The van der Waals surface area contributed by atoms with Crippen molar-refractivity contribution in [3.05, 3.63) is 29.8 Å². The summed E-state index contributed by atoms with van der Waals surface area (Å²) in [5.74, 6) is 0.132. The van der Waals surface area contributed by atoms with Gasteiger partial charge in [0.05, 0.1) is 10.6 Å². The van der Waals surface area contributed by atoms with Gasteiger partial charge in [-0.2, -0.15) is 0 Å². The van der Waals surface area contributed by atoms with Crippen LogP contribution in [0, 0.1) is 0 Å². The molecular weight excluding hydrogens is 234 g/mol. The number of hydrogen-bond donors (Lipinski definition) is 1. The average molecular weight is 255 g/mol. The van der Waals surface area contributed by atoms with Crippen LogP contribution >= 0.6 is 0 Å². The van der Waals surface area contributed by atoms with Crippen LogP contribution in [0.15, 0.2) is 29.2 Å². The Morgan fingerprint density at radius 1 is 1.24 bits per heavy atom. The molecule has 0 aliphatic heterocycles. The van der Waals surface area contributed by atoms with Crippen LogP contribution in [0.3, 0.4) is 0 Å². The molecule has 1 rings (SSSR count). The Bertz CT molecular complexity index is 454. The van der Waals surface area contributed by atoms with Crippen LogP contribution in [-0.4, -0.2) is 20.2 Å². The molecule has 0 heterocycles. The van der Waals surface area contributed by atoms with Crippen molar-refractivity contribution in [2.24, 2.45) is 5.73 Å². The quantitative estimate of drug-likeness (QED) is 0.847. The third-order valence-electron chi connectivity index (χ3n) is 2.83. The Kier molecular flexibility index (Phi) is 5.15. The van der Waals surface area contributed by atoms with Crippen molar-refractivity contribution < 1.29 is 8.42 Å². The van der Waals surface area contributed by atoms with E-state index in [1.807, 2.05) is 12.1 Å². The van der Waals surface area contributed by atoms with Gasteiger partial charge in [0.1, 0.15) is 0 Å². The van der Waals surface area contributed by atoms with Crippen LogP contribution in [-0.2, 0) is 16.3 Å². The summed E-state index contributed by atoms with van der Waals surface area (Å²) in [6.45, 7) is 3.74. The van der Waals surface area contributed by atoms with E-state index in [-0.39, 0.29) is 11.8 Å². The zero-order valence-corrected chi connectivity index (χ0v) is 11.3. The topological polar surface area (TPSA) is 60.2 Å². The SMILES string of the molecule is CCCC(N)Cc1ccccc1S(=O)(=O)CC. The lowest BCUT2D eigenvalue weighted by atomic mass is 10.0. The van der Waals surface area contributed by atoms with E-state index in [2.05, 4.69) is 6.92 Å². The van der Waals surface area contributed by atoms with Crippen molar-refractivity contribution in [2.45, 2.75) is 44.0 Å². The minimum atomic E-state index is -3.14. The molecule has 0 amide bonds. The largest absolute Gasteiger partial charge is 0.327 e. The Labute approximate surface area is 104 Å². The fourth-order valence-corrected chi connectivity index (χ4v) is 3.03. The van der Waals surface area contributed by atoms with Crippen LogP contribution in [0.1, 0.15) is 32.3 Å². The third-order valence-corrected chi connectivity index (χ3v) is 4.66. The van der Waals surface area contributed by atoms with Crippen LogP contribution in [0.5, 0.6) is 0 Å². The molecule has 1 unspecified atom stereocenters. The molecule has 3 nitrogen and oxygen atoms in total. The van der Waals surface area contributed by atoms with E-state index in [0.29, 0.717) is 11.3 Å².